The van der Waals surface area contributed by atoms with Gasteiger partial charge >= 0.3 is 0 Å². The maximum absolute atomic E-state index is 13.0. The summed E-state index contributed by atoms with van der Waals surface area (Å²) in [4.78, 5) is 1.98. The lowest BCUT2D eigenvalue weighted by atomic mass is 10.2. The molecule has 4 heteroatoms. The van der Waals surface area contributed by atoms with Crippen LogP contribution in [0.25, 0.3) is 0 Å². The lowest BCUT2D eigenvalue weighted by Crippen LogP contribution is -2.40. The van der Waals surface area contributed by atoms with Gasteiger partial charge in [0.1, 0.15) is 5.82 Å². The summed E-state index contributed by atoms with van der Waals surface area (Å²) >= 11 is 0. The molecule has 0 radical (unpaired) electrons. The van der Waals surface area contributed by atoms with E-state index in [1.807, 2.05) is 11.9 Å². The van der Waals surface area contributed by atoms with Gasteiger partial charge in [0.15, 0.2) is 0 Å². The van der Waals surface area contributed by atoms with Crippen molar-refractivity contribution in [1.29, 1.82) is 0 Å². The zero-order valence-corrected chi connectivity index (χ0v) is 9.20. The molecule has 0 aliphatic carbocycles. The molecular formula is C11H18FN3. The van der Waals surface area contributed by atoms with Gasteiger partial charge in [-0.1, -0.05) is 0 Å². The largest absolute Gasteiger partial charge is 0.373 e. The minimum absolute atomic E-state index is 0.0552. The Morgan fingerprint density at radius 2 is 2.13 bits per heavy atom. The van der Waals surface area contributed by atoms with Crippen molar-refractivity contribution in [3.05, 3.63) is 29.6 Å². The normalized spacial score (nSPS) is 12.6. The highest BCUT2D eigenvalue weighted by Crippen LogP contribution is 2.16. The average Bonchev–Trinajstić information content (AvgIpc) is 2.21. The highest BCUT2D eigenvalue weighted by molar-refractivity contribution is 5.48. The van der Waals surface area contributed by atoms with Crippen LogP contribution in [0, 0.1) is 12.7 Å². The molecule has 15 heavy (non-hydrogen) atoms. The summed E-state index contributed by atoms with van der Waals surface area (Å²) in [6, 6.07) is 4.96. The molecule has 0 fully saturated rings. The zero-order valence-electron chi connectivity index (χ0n) is 9.20. The molecule has 4 N–H and O–H groups in total. The van der Waals surface area contributed by atoms with Crippen LogP contribution in [0.2, 0.25) is 0 Å². The minimum atomic E-state index is -0.185. The van der Waals surface area contributed by atoms with Gasteiger partial charge in [0.05, 0.1) is 0 Å². The monoisotopic (exact) mass is 211 g/mol. The van der Waals surface area contributed by atoms with E-state index in [1.54, 1.807) is 19.1 Å². The highest BCUT2D eigenvalue weighted by Gasteiger charge is 2.07. The molecule has 3 nitrogen and oxygen atoms in total. The molecule has 0 saturated carbocycles. The molecule has 0 heterocycles. The molecule has 0 amide bonds. The topological polar surface area (TPSA) is 55.3 Å². The number of rotatable bonds is 4. The summed E-state index contributed by atoms with van der Waals surface area (Å²) in [5.41, 5.74) is 12.8. The number of halogens is 1. The van der Waals surface area contributed by atoms with E-state index >= 15 is 0 Å². The molecule has 0 saturated heterocycles. The molecular weight excluding hydrogens is 193 g/mol. The first-order valence-electron chi connectivity index (χ1n) is 4.97. The standard InChI is InChI=1S/C11H18FN3/c1-8-5-10(3-4-11(8)12)15(2)7-9(14)6-13/h3-5,9H,6-7,13-14H2,1-2H3. The molecule has 1 aromatic rings. The van der Waals surface area contributed by atoms with Gasteiger partial charge in [-0.25, -0.2) is 4.39 Å². The van der Waals surface area contributed by atoms with Crippen LogP contribution in [0.3, 0.4) is 0 Å². The van der Waals surface area contributed by atoms with Gasteiger partial charge in [-0.15, -0.1) is 0 Å². The second kappa shape index (κ2) is 5.09. The van der Waals surface area contributed by atoms with Gasteiger partial charge in [0, 0.05) is 31.9 Å². The number of likely N-dealkylation sites (N-methyl/N-ethyl adjacent to an activating group) is 1. The van der Waals surface area contributed by atoms with Gasteiger partial charge in [-0.3, -0.25) is 0 Å². The summed E-state index contributed by atoms with van der Waals surface area (Å²) in [5, 5.41) is 0. The number of nitrogens with two attached hydrogens (primary N) is 2. The Labute approximate surface area is 89.9 Å². The van der Waals surface area contributed by atoms with Crippen molar-refractivity contribution in [2.45, 2.75) is 13.0 Å². The molecule has 0 bridgehead atoms. The first kappa shape index (κ1) is 11.9. The fourth-order valence-electron chi connectivity index (χ4n) is 1.40. The molecule has 0 aromatic heterocycles. The zero-order chi connectivity index (χ0) is 11.4. The van der Waals surface area contributed by atoms with Crippen LogP contribution >= 0.6 is 0 Å². The molecule has 0 aliphatic rings. The third kappa shape index (κ3) is 3.18. The van der Waals surface area contributed by atoms with Crippen LogP contribution in [0.1, 0.15) is 5.56 Å². The van der Waals surface area contributed by atoms with Crippen molar-refractivity contribution in [3.63, 3.8) is 0 Å². The lowest BCUT2D eigenvalue weighted by Gasteiger charge is -2.23. The van der Waals surface area contributed by atoms with Crippen molar-refractivity contribution in [3.8, 4) is 0 Å². The summed E-state index contributed by atoms with van der Waals surface area (Å²) < 4.78 is 13.0. The second-order valence-electron chi connectivity index (χ2n) is 3.81. The fourth-order valence-corrected chi connectivity index (χ4v) is 1.40. The Kier molecular flexibility index (Phi) is 4.05. The molecule has 0 spiro atoms. The molecule has 0 aliphatic heterocycles. The number of nitrogens with zero attached hydrogens (tertiary/aromatic N) is 1. The van der Waals surface area contributed by atoms with Crippen molar-refractivity contribution >= 4 is 5.69 Å². The predicted molar refractivity (Wildman–Crippen MR) is 61.4 cm³/mol. The third-order valence-corrected chi connectivity index (χ3v) is 2.39. The minimum Gasteiger partial charge on any atom is -0.373 e. The van der Waals surface area contributed by atoms with Gasteiger partial charge in [0.25, 0.3) is 0 Å². The SMILES string of the molecule is Cc1cc(N(C)CC(N)CN)ccc1F. The quantitative estimate of drug-likeness (QED) is 0.776. The number of aryl methyl sites for hydroxylation is 1. The Bertz CT molecular complexity index is 328. The van der Waals surface area contributed by atoms with Gasteiger partial charge in [-0.05, 0) is 30.7 Å². The number of benzene rings is 1. The maximum Gasteiger partial charge on any atom is 0.126 e. The fraction of sp³-hybridized carbons (Fsp3) is 0.455. The number of hydrogen-bond acceptors (Lipinski definition) is 3. The smallest absolute Gasteiger partial charge is 0.126 e. The summed E-state index contributed by atoms with van der Waals surface area (Å²) in [5.74, 6) is -0.185. The number of anilines is 1. The molecule has 84 valence electrons. The van der Waals surface area contributed by atoms with E-state index in [1.165, 1.54) is 6.07 Å². The summed E-state index contributed by atoms with van der Waals surface area (Å²) in [7, 11) is 1.92. The van der Waals surface area contributed by atoms with E-state index in [9.17, 15) is 4.39 Å². The van der Waals surface area contributed by atoms with E-state index in [4.69, 9.17) is 11.5 Å². The van der Waals surface area contributed by atoms with Crippen LogP contribution in [0.5, 0.6) is 0 Å². The predicted octanol–water partition coefficient (Wildman–Crippen LogP) is 0.856. The molecule has 1 unspecified atom stereocenters. The van der Waals surface area contributed by atoms with Crippen LogP contribution in [0.4, 0.5) is 10.1 Å². The highest BCUT2D eigenvalue weighted by atomic mass is 19.1. The van der Waals surface area contributed by atoms with Crippen LogP contribution < -0.4 is 16.4 Å². The van der Waals surface area contributed by atoms with E-state index < -0.39 is 0 Å². The lowest BCUT2D eigenvalue weighted by molar-refractivity contribution is 0.617. The van der Waals surface area contributed by atoms with Crippen molar-refractivity contribution in [2.75, 3.05) is 25.0 Å². The van der Waals surface area contributed by atoms with E-state index in [2.05, 4.69) is 0 Å². The Balaban J connectivity index is 2.73. The molecule has 1 atom stereocenters. The van der Waals surface area contributed by atoms with E-state index in [0.717, 1.165) is 5.69 Å². The first-order valence-corrected chi connectivity index (χ1v) is 4.97. The van der Waals surface area contributed by atoms with Crippen molar-refractivity contribution < 1.29 is 4.39 Å². The van der Waals surface area contributed by atoms with Gasteiger partial charge < -0.3 is 16.4 Å². The Morgan fingerprint density at radius 1 is 1.47 bits per heavy atom. The summed E-state index contributed by atoms with van der Waals surface area (Å²) in [6.07, 6.45) is 0. The van der Waals surface area contributed by atoms with Gasteiger partial charge in [0.2, 0.25) is 0 Å². The van der Waals surface area contributed by atoms with Gasteiger partial charge in [-0.2, -0.15) is 0 Å². The van der Waals surface area contributed by atoms with E-state index in [0.29, 0.717) is 18.7 Å². The van der Waals surface area contributed by atoms with E-state index in [-0.39, 0.29) is 11.9 Å². The molecule has 1 rings (SSSR count). The van der Waals surface area contributed by atoms with Crippen LogP contribution in [-0.2, 0) is 0 Å². The summed E-state index contributed by atoms with van der Waals surface area (Å²) in [6.45, 7) is 2.86. The first-order chi connectivity index (χ1) is 7.04. The second-order valence-corrected chi connectivity index (χ2v) is 3.81. The molecule has 1 aromatic carbocycles. The van der Waals surface area contributed by atoms with Crippen LogP contribution in [-0.4, -0.2) is 26.2 Å². The van der Waals surface area contributed by atoms with Crippen molar-refractivity contribution in [2.24, 2.45) is 11.5 Å². The average molecular weight is 211 g/mol. The van der Waals surface area contributed by atoms with Crippen LogP contribution in [0.15, 0.2) is 18.2 Å². The third-order valence-electron chi connectivity index (χ3n) is 2.39. The van der Waals surface area contributed by atoms with Crippen molar-refractivity contribution in [1.82, 2.24) is 0 Å². The number of hydrogen-bond donors (Lipinski definition) is 2. The maximum atomic E-state index is 13.0. The Hall–Kier alpha value is -1.13. The Morgan fingerprint density at radius 3 is 2.67 bits per heavy atom.